The molecule has 3 atom stereocenters. The van der Waals surface area contributed by atoms with E-state index in [0.29, 0.717) is 6.04 Å². The molecule has 0 bridgehead atoms. The molecule has 1 aliphatic heterocycles. The van der Waals surface area contributed by atoms with Gasteiger partial charge in [-0.05, 0) is 18.9 Å². The molecule has 0 amide bonds. The van der Waals surface area contributed by atoms with Crippen molar-refractivity contribution >= 4 is 11.6 Å². The summed E-state index contributed by atoms with van der Waals surface area (Å²) in [6, 6.07) is 8.69. The molecule has 0 spiro atoms. The van der Waals surface area contributed by atoms with Crippen LogP contribution in [-0.2, 0) is 0 Å². The molecule has 1 saturated heterocycles. The Morgan fingerprint density at radius 1 is 1.47 bits per heavy atom. The molecule has 1 aromatic rings. The van der Waals surface area contributed by atoms with Gasteiger partial charge < -0.3 is 10.6 Å². The lowest BCUT2D eigenvalue weighted by molar-refractivity contribution is -0.945. The van der Waals surface area contributed by atoms with Crippen LogP contribution in [-0.4, -0.2) is 19.6 Å². The highest BCUT2D eigenvalue weighted by molar-refractivity contribution is 6.31. The average molecular weight is 255 g/mol. The fourth-order valence-electron chi connectivity index (χ4n) is 2.98. The maximum atomic E-state index is 6.31. The number of rotatable bonds is 3. The third kappa shape index (κ3) is 3.01. The minimum Gasteiger partial charge on any atom is -0.352 e. The number of hydrogen-bond donors (Lipinski definition) is 2. The van der Waals surface area contributed by atoms with Crippen LogP contribution in [0.25, 0.3) is 0 Å². The molecule has 4 N–H and O–H groups in total. The maximum absolute atomic E-state index is 6.31. The van der Waals surface area contributed by atoms with Gasteiger partial charge >= 0.3 is 0 Å². The van der Waals surface area contributed by atoms with Crippen LogP contribution >= 0.6 is 11.6 Å². The van der Waals surface area contributed by atoms with Crippen molar-refractivity contribution in [2.24, 2.45) is 5.92 Å². The second-order valence-electron chi connectivity index (χ2n) is 5.22. The van der Waals surface area contributed by atoms with Crippen LogP contribution < -0.4 is 10.6 Å². The normalized spacial score (nSPS) is 26.8. The predicted molar refractivity (Wildman–Crippen MR) is 71.0 cm³/mol. The van der Waals surface area contributed by atoms with Gasteiger partial charge in [0.1, 0.15) is 6.54 Å². The zero-order valence-corrected chi connectivity index (χ0v) is 11.3. The van der Waals surface area contributed by atoms with Crippen LogP contribution in [0, 0.1) is 5.92 Å². The minimum absolute atomic E-state index is 0.464. The van der Waals surface area contributed by atoms with Gasteiger partial charge in [0.25, 0.3) is 0 Å². The van der Waals surface area contributed by atoms with Gasteiger partial charge in [-0.1, -0.05) is 36.7 Å². The van der Waals surface area contributed by atoms with E-state index < -0.39 is 0 Å². The quantitative estimate of drug-likeness (QED) is 0.805. The van der Waals surface area contributed by atoms with E-state index in [0.717, 1.165) is 17.5 Å². The molecule has 1 aliphatic rings. The van der Waals surface area contributed by atoms with Crippen molar-refractivity contribution in [2.75, 3.05) is 19.6 Å². The Bertz CT molecular complexity index is 367. The van der Waals surface area contributed by atoms with Crippen molar-refractivity contribution in [1.82, 2.24) is 0 Å². The predicted octanol–water partition coefficient (Wildman–Crippen LogP) is 0.938. The summed E-state index contributed by atoms with van der Waals surface area (Å²) < 4.78 is 0. The van der Waals surface area contributed by atoms with E-state index in [9.17, 15) is 0 Å². The standard InChI is InChI=1S/C14H21ClN2/c1-11-5-4-8-17(10-11)14(9-16)12-6-2-3-7-13(12)15/h2-3,6-7,11,14H,4-5,8-10,16H2,1H3/p+2/t11-,14-/m0/s1. The van der Waals surface area contributed by atoms with E-state index in [4.69, 9.17) is 11.6 Å². The van der Waals surface area contributed by atoms with Crippen molar-refractivity contribution in [3.63, 3.8) is 0 Å². The maximum Gasteiger partial charge on any atom is 0.164 e. The van der Waals surface area contributed by atoms with Crippen LogP contribution in [0.5, 0.6) is 0 Å². The van der Waals surface area contributed by atoms with Crippen LogP contribution in [0.3, 0.4) is 0 Å². The van der Waals surface area contributed by atoms with Gasteiger partial charge in [0, 0.05) is 16.5 Å². The Kier molecular flexibility index (Phi) is 4.43. The van der Waals surface area contributed by atoms with Gasteiger partial charge in [0.15, 0.2) is 6.04 Å². The Hall–Kier alpha value is -0.570. The smallest absolute Gasteiger partial charge is 0.164 e. The highest BCUT2D eigenvalue weighted by atomic mass is 35.5. The van der Waals surface area contributed by atoms with Gasteiger partial charge in [0.2, 0.25) is 0 Å². The Balaban J connectivity index is 2.18. The van der Waals surface area contributed by atoms with E-state index in [1.807, 2.05) is 12.1 Å². The summed E-state index contributed by atoms with van der Waals surface area (Å²) in [4.78, 5) is 1.66. The Morgan fingerprint density at radius 2 is 2.24 bits per heavy atom. The van der Waals surface area contributed by atoms with Gasteiger partial charge in [-0.2, -0.15) is 0 Å². The summed E-state index contributed by atoms with van der Waals surface area (Å²) in [5, 5.41) is 0.895. The zero-order valence-electron chi connectivity index (χ0n) is 10.6. The number of hydrogen-bond acceptors (Lipinski definition) is 0. The molecular formula is C14H23ClN2+2. The lowest BCUT2D eigenvalue weighted by atomic mass is 9.96. The van der Waals surface area contributed by atoms with Crippen LogP contribution in [0.15, 0.2) is 24.3 Å². The topological polar surface area (TPSA) is 32.1 Å². The second kappa shape index (κ2) is 5.85. The number of benzene rings is 1. The van der Waals surface area contributed by atoms with E-state index in [2.05, 4.69) is 24.8 Å². The largest absolute Gasteiger partial charge is 0.352 e. The molecule has 1 unspecified atom stereocenters. The molecule has 0 saturated carbocycles. The molecule has 2 nitrogen and oxygen atoms in total. The van der Waals surface area contributed by atoms with E-state index >= 15 is 0 Å². The summed E-state index contributed by atoms with van der Waals surface area (Å²) >= 11 is 6.31. The first-order valence-corrected chi connectivity index (χ1v) is 6.98. The first-order chi connectivity index (χ1) is 8.22. The highest BCUT2D eigenvalue weighted by Crippen LogP contribution is 2.20. The molecule has 0 aromatic heterocycles. The van der Waals surface area contributed by atoms with Gasteiger partial charge in [-0.15, -0.1) is 0 Å². The summed E-state index contributed by atoms with van der Waals surface area (Å²) in [5.41, 5.74) is 5.40. The number of nitrogens with one attached hydrogen (secondary N) is 1. The molecule has 1 fully saturated rings. The van der Waals surface area contributed by atoms with E-state index in [-0.39, 0.29) is 0 Å². The van der Waals surface area contributed by atoms with Gasteiger partial charge in [-0.25, -0.2) is 0 Å². The third-order valence-electron chi connectivity index (χ3n) is 3.87. The summed E-state index contributed by atoms with van der Waals surface area (Å²) in [6.07, 6.45) is 2.70. The van der Waals surface area contributed by atoms with Crippen molar-refractivity contribution in [3.05, 3.63) is 34.9 Å². The minimum atomic E-state index is 0.464. The molecule has 0 aliphatic carbocycles. The van der Waals surface area contributed by atoms with E-state index in [1.165, 1.54) is 31.5 Å². The monoisotopic (exact) mass is 254 g/mol. The third-order valence-corrected chi connectivity index (χ3v) is 4.21. The van der Waals surface area contributed by atoms with Crippen molar-refractivity contribution in [3.8, 4) is 0 Å². The fourth-order valence-corrected chi connectivity index (χ4v) is 3.25. The van der Waals surface area contributed by atoms with Gasteiger partial charge in [0.05, 0.1) is 13.1 Å². The van der Waals surface area contributed by atoms with Crippen LogP contribution in [0.4, 0.5) is 0 Å². The molecule has 17 heavy (non-hydrogen) atoms. The van der Waals surface area contributed by atoms with Crippen molar-refractivity contribution < 1.29 is 10.6 Å². The SMILES string of the molecule is C[C@H]1CCC[NH+]([C@@H](C[NH3+])c2ccccc2Cl)C1. The number of piperidine rings is 1. The fraction of sp³-hybridized carbons (Fsp3) is 0.571. The number of halogens is 1. The summed E-state index contributed by atoms with van der Waals surface area (Å²) in [7, 11) is 0. The molecule has 0 radical (unpaired) electrons. The van der Waals surface area contributed by atoms with Crippen molar-refractivity contribution in [2.45, 2.75) is 25.8 Å². The average Bonchev–Trinajstić information content (AvgIpc) is 2.33. The summed E-state index contributed by atoms with van der Waals surface area (Å²) in [5.74, 6) is 0.829. The zero-order chi connectivity index (χ0) is 12.3. The Labute approximate surface area is 109 Å². The molecule has 3 heteroatoms. The number of likely N-dealkylation sites (tertiary alicyclic amines) is 1. The lowest BCUT2D eigenvalue weighted by Gasteiger charge is -2.33. The first-order valence-electron chi connectivity index (χ1n) is 6.60. The Morgan fingerprint density at radius 3 is 2.88 bits per heavy atom. The van der Waals surface area contributed by atoms with Crippen LogP contribution in [0.2, 0.25) is 5.02 Å². The molecule has 1 aromatic carbocycles. The first kappa shape index (κ1) is 12.9. The molecular weight excluding hydrogens is 232 g/mol. The van der Waals surface area contributed by atoms with E-state index in [1.54, 1.807) is 4.90 Å². The van der Waals surface area contributed by atoms with Crippen LogP contribution in [0.1, 0.15) is 31.4 Å². The second-order valence-corrected chi connectivity index (χ2v) is 5.63. The van der Waals surface area contributed by atoms with Crippen molar-refractivity contribution in [1.29, 1.82) is 0 Å². The molecule has 1 heterocycles. The molecule has 2 rings (SSSR count). The highest BCUT2D eigenvalue weighted by Gasteiger charge is 2.30. The van der Waals surface area contributed by atoms with Gasteiger partial charge in [-0.3, -0.25) is 0 Å². The lowest BCUT2D eigenvalue weighted by Crippen LogP contribution is -3.15. The number of quaternary nitrogens is 2. The summed E-state index contributed by atoms with van der Waals surface area (Å²) in [6.45, 7) is 5.79. The molecule has 94 valence electrons.